The number of aliphatic imine (C=N–C) groups is 1. The molecule has 3 aromatic rings. The molecule has 0 unspecified atom stereocenters. The minimum atomic E-state index is -0.299. The number of aryl methyl sites for hydroxylation is 1. The molecule has 4 rings (SSSR count). The zero-order valence-electron chi connectivity index (χ0n) is 18.9. The number of carbonyl (C=O) groups excluding carboxylic acids is 2. The summed E-state index contributed by atoms with van der Waals surface area (Å²) in [4.78, 5) is 32.1. The van der Waals surface area contributed by atoms with Crippen LogP contribution in [0.15, 0.2) is 77.4 Å². The number of hydrogen-bond acceptors (Lipinski definition) is 5. The summed E-state index contributed by atoms with van der Waals surface area (Å²) in [6.07, 6.45) is 1.71. The van der Waals surface area contributed by atoms with Gasteiger partial charge in [-0.05, 0) is 54.5 Å². The van der Waals surface area contributed by atoms with Crippen molar-refractivity contribution in [2.75, 3.05) is 23.1 Å². The molecule has 9 heteroatoms. The number of nitrogens with zero attached hydrogens (tertiary/aromatic N) is 2. The summed E-state index contributed by atoms with van der Waals surface area (Å²) < 4.78 is 5.20. The van der Waals surface area contributed by atoms with Crippen molar-refractivity contribution in [3.63, 3.8) is 0 Å². The predicted molar refractivity (Wildman–Crippen MR) is 145 cm³/mol. The smallest absolute Gasteiger partial charge is 0.283 e. The third-order valence-electron chi connectivity index (χ3n) is 5.16. The molecule has 0 spiro atoms. The standard InChI is InChI=1S/C26H21Cl2N3O3S/c1-16-6-3-4-9-22(16)31-25(33)21(14-17-10-12-18(34-2)13-11-17)30-26(31)35-15-23(32)29-20-8-5-7-19(27)24(20)28/h3-14H,15H2,1-2H3,(H,29,32). The van der Waals surface area contributed by atoms with Gasteiger partial charge in [0.1, 0.15) is 11.4 Å². The second-order valence-corrected chi connectivity index (χ2v) is 9.29. The number of amides is 2. The van der Waals surface area contributed by atoms with Crippen molar-refractivity contribution in [1.82, 2.24) is 0 Å². The van der Waals surface area contributed by atoms with E-state index in [1.165, 1.54) is 4.90 Å². The third-order valence-corrected chi connectivity index (χ3v) is 6.92. The number of halogens is 2. The molecule has 35 heavy (non-hydrogen) atoms. The Kier molecular flexibility index (Phi) is 7.80. The van der Waals surface area contributed by atoms with Crippen molar-refractivity contribution < 1.29 is 14.3 Å². The zero-order valence-corrected chi connectivity index (χ0v) is 21.2. The Morgan fingerprint density at radius 2 is 1.83 bits per heavy atom. The van der Waals surface area contributed by atoms with E-state index in [2.05, 4.69) is 10.3 Å². The normalized spacial score (nSPS) is 14.3. The lowest BCUT2D eigenvalue weighted by Gasteiger charge is -2.19. The minimum absolute atomic E-state index is 0.0210. The second kappa shape index (κ2) is 11.0. The van der Waals surface area contributed by atoms with E-state index >= 15 is 0 Å². The molecule has 1 N–H and O–H groups in total. The molecule has 3 aromatic carbocycles. The lowest BCUT2D eigenvalue weighted by Crippen LogP contribution is -2.31. The van der Waals surface area contributed by atoms with Crippen LogP contribution in [0.3, 0.4) is 0 Å². The van der Waals surface area contributed by atoms with E-state index < -0.39 is 0 Å². The van der Waals surface area contributed by atoms with Crippen LogP contribution in [-0.4, -0.2) is 29.8 Å². The van der Waals surface area contributed by atoms with Gasteiger partial charge in [-0.15, -0.1) is 0 Å². The van der Waals surface area contributed by atoms with Crippen molar-refractivity contribution in [1.29, 1.82) is 0 Å². The van der Waals surface area contributed by atoms with Crippen LogP contribution in [-0.2, 0) is 9.59 Å². The van der Waals surface area contributed by atoms with E-state index in [9.17, 15) is 9.59 Å². The molecule has 0 aromatic heterocycles. The minimum Gasteiger partial charge on any atom is -0.497 e. The molecule has 6 nitrogen and oxygen atoms in total. The molecule has 0 atom stereocenters. The fraction of sp³-hybridized carbons (Fsp3) is 0.115. The van der Waals surface area contributed by atoms with Crippen LogP contribution in [0.5, 0.6) is 5.75 Å². The Balaban J connectivity index is 1.59. The van der Waals surface area contributed by atoms with Crippen molar-refractivity contribution in [2.45, 2.75) is 6.92 Å². The van der Waals surface area contributed by atoms with Crippen LogP contribution >= 0.6 is 35.0 Å². The van der Waals surface area contributed by atoms with Gasteiger partial charge in [0.25, 0.3) is 5.91 Å². The number of methoxy groups -OCH3 is 1. The van der Waals surface area contributed by atoms with Crippen molar-refractivity contribution >= 4 is 69.4 Å². The molecular formula is C26H21Cl2N3O3S. The average molecular weight is 526 g/mol. The summed E-state index contributed by atoms with van der Waals surface area (Å²) >= 11 is 13.4. The van der Waals surface area contributed by atoms with Crippen LogP contribution in [0.25, 0.3) is 6.08 Å². The SMILES string of the molecule is COc1ccc(C=C2N=C(SCC(=O)Nc3cccc(Cl)c3Cl)N(c3ccccc3C)C2=O)cc1. The number of carbonyl (C=O) groups is 2. The Hall–Kier alpha value is -3.26. The fourth-order valence-corrected chi connectivity index (χ4v) is 4.55. The van der Waals surface area contributed by atoms with Gasteiger partial charge in [0.15, 0.2) is 5.17 Å². The monoisotopic (exact) mass is 525 g/mol. The van der Waals surface area contributed by atoms with Crippen molar-refractivity contribution in [3.8, 4) is 5.75 Å². The van der Waals surface area contributed by atoms with Gasteiger partial charge in [0.2, 0.25) is 5.91 Å². The van der Waals surface area contributed by atoms with E-state index in [-0.39, 0.29) is 28.3 Å². The van der Waals surface area contributed by atoms with Gasteiger partial charge in [-0.2, -0.15) is 0 Å². The maximum Gasteiger partial charge on any atom is 0.283 e. The lowest BCUT2D eigenvalue weighted by molar-refractivity contribution is -0.114. The Bertz CT molecular complexity index is 1340. The van der Waals surface area contributed by atoms with Crippen LogP contribution < -0.4 is 15.0 Å². The zero-order chi connectivity index (χ0) is 24.9. The van der Waals surface area contributed by atoms with Crippen molar-refractivity contribution in [2.24, 2.45) is 4.99 Å². The molecule has 0 aliphatic carbocycles. The molecule has 1 aliphatic heterocycles. The number of benzene rings is 3. The van der Waals surface area contributed by atoms with E-state index in [0.717, 1.165) is 28.6 Å². The predicted octanol–water partition coefficient (Wildman–Crippen LogP) is 6.43. The highest BCUT2D eigenvalue weighted by atomic mass is 35.5. The van der Waals surface area contributed by atoms with Crippen LogP contribution in [0.1, 0.15) is 11.1 Å². The average Bonchev–Trinajstić information content (AvgIpc) is 3.16. The molecule has 1 aliphatic rings. The Labute approximate surface area is 217 Å². The fourth-order valence-electron chi connectivity index (χ4n) is 3.39. The summed E-state index contributed by atoms with van der Waals surface area (Å²) in [5.41, 5.74) is 3.13. The summed E-state index contributed by atoms with van der Waals surface area (Å²) in [7, 11) is 1.60. The molecule has 0 saturated carbocycles. The van der Waals surface area contributed by atoms with Crippen LogP contribution in [0, 0.1) is 6.92 Å². The molecule has 178 valence electrons. The quantitative estimate of drug-likeness (QED) is 0.376. The van der Waals surface area contributed by atoms with Crippen LogP contribution in [0.4, 0.5) is 11.4 Å². The van der Waals surface area contributed by atoms with Crippen molar-refractivity contribution in [3.05, 3.63) is 93.6 Å². The van der Waals surface area contributed by atoms with E-state index in [0.29, 0.717) is 21.6 Å². The van der Waals surface area contributed by atoms with E-state index in [1.807, 2.05) is 55.5 Å². The first-order valence-corrected chi connectivity index (χ1v) is 12.3. The van der Waals surface area contributed by atoms with Gasteiger partial charge in [-0.3, -0.25) is 14.5 Å². The van der Waals surface area contributed by atoms with Gasteiger partial charge in [0, 0.05) is 0 Å². The first-order valence-electron chi connectivity index (χ1n) is 10.6. The first kappa shape index (κ1) is 24.9. The molecule has 0 radical (unpaired) electrons. The molecule has 1 heterocycles. The highest BCUT2D eigenvalue weighted by Gasteiger charge is 2.33. The first-order chi connectivity index (χ1) is 16.9. The summed E-state index contributed by atoms with van der Waals surface area (Å²) in [5, 5.41) is 3.79. The third kappa shape index (κ3) is 5.70. The topological polar surface area (TPSA) is 71.0 Å². The Morgan fingerprint density at radius 1 is 1.09 bits per heavy atom. The highest BCUT2D eigenvalue weighted by Crippen LogP contribution is 2.32. The van der Waals surface area contributed by atoms with Gasteiger partial charge in [0.05, 0.1) is 34.3 Å². The van der Waals surface area contributed by atoms with E-state index in [4.69, 9.17) is 27.9 Å². The highest BCUT2D eigenvalue weighted by molar-refractivity contribution is 8.14. The summed E-state index contributed by atoms with van der Waals surface area (Å²) in [6.45, 7) is 1.92. The maximum atomic E-state index is 13.4. The molecule has 0 bridgehead atoms. The van der Waals surface area contributed by atoms with E-state index in [1.54, 1.807) is 31.4 Å². The van der Waals surface area contributed by atoms with Gasteiger partial charge in [-0.1, -0.05) is 71.4 Å². The maximum absolute atomic E-state index is 13.4. The number of thioether (sulfide) groups is 1. The summed E-state index contributed by atoms with van der Waals surface area (Å²) in [6, 6.07) is 19.9. The Morgan fingerprint density at radius 3 is 2.54 bits per heavy atom. The molecule has 0 saturated heterocycles. The molecular weight excluding hydrogens is 505 g/mol. The molecule has 0 fully saturated rings. The number of ether oxygens (including phenoxy) is 1. The number of amidine groups is 1. The number of rotatable bonds is 6. The molecule has 2 amide bonds. The largest absolute Gasteiger partial charge is 0.497 e. The lowest BCUT2D eigenvalue weighted by atomic mass is 10.1. The second-order valence-electron chi connectivity index (χ2n) is 7.56. The van der Waals surface area contributed by atoms with Gasteiger partial charge >= 0.3 is 0 Å². The van der Waals surface area contributed by atoms with Gasteiger partial charge in [-0.25, -0.2) is 4.99 Å². The number of anilines is 2. The van der Waals surface area contributed by atoms with Gasteiger partial charge < -0.3 is 10.1 Å². The summed E-state index contributed by atoms with van der Waals surface area (Å²) in [5.74, 6) is 0.173. The number of hydrogen-bond donors (Lipinski definition) is 1. The van der Waals surface area contributed by atoms with Crippen LogP contribution in [0.2, 0.25) is 10.0 Å². The number of nitrogens with one attached hydrogen (secondary N) is 1. The number of para-hydroxylation sites is 1.